The number of nitroso groups, excluding NO2 is 1. The Hall–Kier alpha value is -1.10. The fourth-order valence-corrected chi connectivity index (χ4v) is 1.01. The molecule has 0 aliphatic carbocycles. The first-order chi connectivity index (χ1) is 6.11. The number of rotatable bonds is 6. The highest BCUT2D eigenvalue weighted by Gasteiger charge is 2.14. The van der Waals surface area contributed by atoms with Crippen LogP contribution < -0.4 is 5.32 Å². The topological polar surface area (TPSA) is 75.6 Å². The Morgan fingerprint density at radius 3 is 2.46 bits per heavy atom. The highest BCUT2D eigenvalue weighted by molar-refractivity contribution is 5.83. The van der Waals surface area contributed by atoms with E-state index in [-0.39, 0.29) is 18.2 Å². The fraction of sp³-hybridized carbons (Fsp3) is 0.750. The average Bonchev–Trinajstić information content (AvgIpc) is 2.11. The fourth-order valence-electron chi connectivity index (χ4n) is 1.01. The highest BCUT2D eigenvalue weighted by atomic mass is 16.3. The molecule has 0 aromatic carbocycles. The molecule has 74 valence electrons. The summed E-state index contributed by atoms with van der Waals surface area (Å²) in [6.07, 6.45) is 0.370. The number of Topliss-reactive ketones (excluding diaryl/α,β-unsaturated/α-hetero) is 1. The van der Waals surface area contributed by atoms with E-state index < -0.39 is 5.91 Å². The van der Waals surface area contributed by atoms with Crippen molar-refractivity contribution in [3.8, 4) is 0 Å². The standard InChI is InChI=1S/C8H14N2O3/c1-3-9-7(6(2)11)4-5-8(12)10-13/h7,9H,3-5H2,1-2H3. The average molecular weight is 186 g/mol. The zero-order valence-corrected chi connectivity index (χ0v) is 7.87. The highest BCUT2D eigenvalue weighted by Crippen LogP contribution is 2.00. The molecule has 0 fully saturated rings. The van der Waals surface area contributed by atoms with Crippen LogP contribution in [0.2, 0.25) is 0 Å². The Kier molecular flexibility index (Phi) is 5.88. The van der Waals surface area contributed by atoms with Gasteiger partial charge in [-0.1, -0.05) is 6.92 Å². The summed E-state index contributed by atoms with van der Waals surface area (Å²) in [5, 5.41) is 5.17. The molecule has 0 aromatic rings. The van der Waals surface area contributed by atoms with Crippen molar-refractivity contribution in [3.63, 3.8) is 0 Å². The second-order valence-electron chi connectivity index (χ2n) is 2.74. The van der Waals surface area contributed by atoms with Gasteiger partial charge in [-0.15, -0.1) is 4.91 Å². The third-order valence-corrected chi connectivity index (χ3v) is 1.69. The Morgan fingerprint density at radius 1 is 1.46 bits per heavy atom. The molecular weight excluding hydrogens is 172 g/mol. The molecule has 0 rings (SSSR count). The van der Waals surface area contributed by atoms with E-state index in [2.05, 4.69) is 10.5 Å². The van der Waals surface area contributed by atoms with Gasteiger partial charge in [-0.3, -0.25) is 9.59 Å². The summed E-state index contributed by atoms with van der Waals surface area (Å²) in [7, 11) is 0. The molecule has 1 amide bonds. The Balaban J connectivity index is 3.88. The third-order valence-electron chi connectivity index (χ3n) is 1.69. The van der Waals surface area contributed by atoms with E-state index in [1.165, 1.54) is 6.92 Å². The van der Waals surface area contributed by atoms with Crippen LogP contribution in [0.15, 0.2) is 5.18 Å². The van der Waals surface area contributed by atoms with Crippen molar-refractivity contribution in [1.82, 2.24) is 5.32 Å². The Bertz CT molecular complexity index is 204. The third kappa shape index (κ3) is 5.19. The summed E-state index contributed by atoms with van der Waals surface area (Å²) < 4.78 is 0. The summed E-state index contributed by atoms with van der Waals surface area (Å²) in [5.74, 6) is -0.732. The maximum absolute atomic E-state index is 11.0. The lowest BCUT2D eigenvalue weighted by atomic mass is 10.1. The number of amides is 1. The molecule has 0 saturated carbocycles. The van der Waals surface area contributed by atoms with Gasteiger partial charge >= 0.3 is 0 Å². The SMILES string of the molecule is CCNC(CCC(=O)N=O)C(C)=O. The van der Waals surface area contributed by atoms with Crippen LogP contribution in [0.25, 0.3) is 0 Å². The summed E-state index contributed by atoms with van der Waals surface area (Å²) in [5.41, 5.74) is 0. The maximum Gasteiger partial charge on any atom is 0.286 e. The van der Waals surface area contributed by atoms with Crippen molar-refractivity contribution in [2.24, 2.45) is 5.18 Å². The van der Waals surface area contributed by atoms with E-state index in [1.807, 2.05) is 6.92 Å². The molecule has 0 aromatic heterocycles. The minimum atomic E-state index is -0.704. The first kappa shape index (κ1) is 11.9. The smallest absolute Gasteiger partial charge is 0.286 e. The molecule has 5 nitrogen and oxygen atoms in total. The normalized spacial score (nSPS) is 12.2. The molecule has 0 aliphatic heterocycles. The number of nitrogens with one attached hydrogen (secondary N) is 1. The summed E-state index contributed by atoms with van der Waals surface area (Å²) in [4.78, 5) is 31.2. The van der Waals surface area contributed by atoms with Crippen LogP contribution in [-0.4, -0.2) is 24.3 Å². The Labute approximate surface area is 76.9 Å². The van der Waals surface area contributed by atoms with E-state index in [9.17, 15) is 14.5 Å². The van der Waals surface area contributed by atoms with Gasteiger partial charge in [0.05, 0.1) is 6.04 Å². The second-order valence-corrected chi connectivity index (χ2v) is 2.74. The monoisotopic (exact) mass is 186 g/mol. The molecule has 1 atom stereocenters. The number of carbonyl (C=O) groups is 2. The number of ketones is 1. The largest absolute Gasteiger partial charge is 0.308 e. The van der Waals surface area contributed by atoms with E-state index in [0.29, 0.717) is 13.0 Å². The molecular formula is C8H14N2O3. The molecule has 13 heavy (non-hydrogen) atoms. The minimum Gasteiger partial charge on any atom is -0.308 e. The second kappa shape index (κ2) is 6.42. The molecule has 1 unspecified atom stereocenters. The summed E-state index contributed by atoms with van der Waals surface area (Å²) >= 11 is 0. The first-order valence-electron chi connectivity index (χ1n) is 4.21. The number of nitrogens with zero attached hydrogens (tertiary/aromatic N) is 1. The van der Waals surface area contributed by atoms with Crippen LogP contribution in [0, 0.1) is 4.91 Å². The number of hydrogen-bond donors (Lipinski definition) is 1. The predicted molar refractivity (Wildman–Crippen MR) is 48.2 cm³/mol. The van der Waals surface area contributed by atoms with Crippen molar-refractivity contribution < 1.29 is 9.59 Å². The zero-order chi connectivity index (χ0) is 10.3. The maximum atomic E-state index is 11.0. The summed E-state index contributed by atoms with van der Waals surface area (Å²) in [6, 6.07) is -0.337. The molecule has 0 heterocycles. The van der Waals surface area contributed by atoms with Crippen LogP contribution in [0.5, 0.6) is 0 Å². The van der Waals surface area contributed by atoms with E-state index in [4.69, 9.17) is 0 Å². The van der Waals surface area contributed by atoms with Crippen molar-refractivity contribution in [1.29, 1.82) is 0 Å². The molecule has 0 bridgehead atoms. The van der Waals surface area contributed by atoms with Crippen molar-refractivity contribution >= 4 is 11.7 Å². The predicted octanol–water partition coefficient (Wildman–Crippen LogP) is 0.627. The lowest BCUT2D eigenvalue weighted by Crippen LogP contribution is -2.35. The lowest BCUT2D eigenvalue weighted by molar-refractivity contribution is -0.120. The van der Waals surface area contributed by atoms with Gasteiger partial charge in [0.25, 0.3) is 5.91 Å². The van der Waals surface area contributed by atoms with Gasteiger partial charge in [-0.25, -0.2) is 0 Å². The van der Waals surface area contributed by atoms with Crippen LogP contribution >= 0.6 is 0 Å². The van der Waals surface area contributed by atoms with Crippen molar-refractivity contribution in [2.75, 3.05) is 6.54 Å². The van der Waals surface area contributed by atoms with Gasteiger partial charge in [-0.05, 0) is 19.9 Å². The quantitative estimate of drug-likeness (QED) is 0.617. The van der Waals surface area contributed by atoms with E-state index in [1.54, 1.807) is 0 Å². The number of carbonyl (C=O) groups excluding carboxylic acids is 2. The van der Waals surface area contributed by atoms with Crippen LogP contribution in [0.1, 0.15) is 26.7 Å². The number of likely N-dealkylation sites (N-methyl/N-ethyl adjacent to an activating group) is 1. The van der Waals surface area contributed by atoms with E-state index in [0.717, 1.165) is 0 Å². The van der Waals surface area contributed by atoms with E-state index >= 15 is 0 Å². The molecule has 1 N–H and O–H groups in total. The Morgan fingerprint density at radius 2 is 2.08 bits per heavy atom. The van der Waals surface area contributed by atoms with Gasteiger partial charge in [0.1, 0.15) is 5.78 Å². The minimum absolute atomic E-state index is 0.0273. The molecule has 0 spiro atoms. The van der Waals surface area contributed by atoms with Gasteiger partial charge in [-0.2, -0.15) is 0 Å². The van der Waals surface area contributed by atoms with Crippen LogP contribution in [0.4, 0.5) is 0 Å². The molecule has 5 heteroatoms. The number of hydrogen-bond acceptors (Lipinski definition) is 4. The van der Waals surface area contributed by atoms with Crippen LogP contribution in [0.3, 0.4) is 0 Å². The van der Waals surface area contributed by atoms with Gasteiger partial charge < -0.3 is 5.32 Å². The zero-order valence-electron chi connectivity index (χ0n) is 7.87. The van der Waals surface area contributed by atoms with Crippen LogP contribution in [-0.2, 0) is 9.59 Å². The molecule has 0 radical (unpaired) electrons. The molecule has 0 aliphatic rings. The first-order valence-corrected chi connectivity index (χ1v) is 4.21. The lowest BCUT2D eigenvalue weighted by Gasteiger charge is -2.12. The van der Waals surface area contributed by atoms with Crippen molar-refractivity contribution in [2.45, 2.75) is 32.7 Å². The van der Waals surface area contributed by atoms with Crippen molar-refractivity contribution in [3.05, 3.63) is 4.91 Å². The summed E-state index contributed by atoms with van der Waals surface area (Å²) in [6.45, 7) is 3.98. The van der Waals surface area contributed by atoms with Gasteiger partial charge in [0.2, 0.25) is 0 Å². The molecule has 0 saturated heterocycles. The van der Waals surface area contributed by atoms with Gasteiger partial charge in [0.15, 0.2) is 0 Å². The van der Waals surface area contributed by atoms with Gasteiger partial charge in [0, 0.05) is 11.6 Å².